The van der Waals surface area contributed by atoms with Crippen LogP contribution in [-0.2, 0) is 13.2 Å². The van der Waals surface area contributed by atoms with Gasteiger partial charge in [-0.05, 0) is 48.4 Å². The summed E-state index contributed by atoms with van der Waals surface area (Å²) in [5.41, 5.74) is 2.42. The molecule has 0 bridgehead atoms. The van der Waals surface area contributed by atoms with Crippen LogP contribution in [-0.4, -0.2) is 36.8 Å². The van der Waals surface area contributed by atoms with Crippen LogP contribution in [0, 0.1) is 0 Å². The third-order valence-electron chi connectivity index (χ3n) is 4.89. The lowest BCUT2D eigenvalue weighted by Crippen LogP contribution is -2.13. The molecule has 0 amide bonds. The number of aryl methyl sites for hydroxylation is 1. The molecule has 5 aromatic rings. The van der Waals surface area contributed by atoms with Crippen LogP contribution in [0.3, 0.4) is 0 Å². The number of hydrogen-bond donors (Lipinski definition) is 0. The minimum atomic E-state index is -0.373. The number of nitrogens with zero attached hydrogens (tertiary/aromatic N) is 6. The predicted molar refractivity (Wildman–Crippen MR) is 115 cm³/mol. The fourth-order valence-electron chi connectivity index (χ4n) is 3.28. The zero-order valence-electron chi connectivity index (χ0n) is 17.1. The van der Waals surface area contributed by atoms with Gasteiger partial charge in [0, 0.05) is 24.1 Å². The lowest BCUT2D eigenvalue weighted by molar-refractivity contribution is 0.0731. The molecule has 0 spiro atoms. The molecule has 0 radical (unpaired) electrons. The monoisotopic (exact) mass is 432 g/mol. The number of benzene rings is 2. The fourth-order valence-corrected chi connectivity index (χ4v) is 3.28. The van der Waals surface area contributed by atoms with Crippen LogP contribution in [0.2, 0.25) is 0 Å². The summed E-state index contributed by atoms with van der Waals surface area (Å²) in [5.74, 6) is 0.674. The summed E-state index contributed by atoms with van der Waals surface area (Å²) >= 11 is 0. The highest BCUT2D eigenvalue weighted by Crippen LogP contribution is 2.19. The van der Waals surface area contributed by atoms with Gasteiger partial charge in [0.25, 0.3) is 0 Å². The van der Waals surface area contributed by atoms with E-state index < -0.39 is 0 Å². The molecule has 32 heavy (non-hydrogen) atoms. The second-order valence-electron chi connectivity index (χ2n) is 7.21. The van der Waals surface area contributed by atoms with E-state index in [-0.39, 0.29) is 12.2 Å². The topological polar surface area (TPSA) is 110 Å². The van der Waals surface area contributed by atoms with Crippen molar-refractivity contribution in [1.82, 2.24) is 30.2 Å². The summed E-state index contributed by atoms with van der Waals surface area (Å²) in [7, 11) is 0. The van der Waals surface area contributed by atoms with Crippen molar-refractivity contribution in [1.29, 1.82) is 0 Å². The molecule has 10 heteroatoms. The summed E-state index contributed by atoms with van der Waals surface area (Å²) in [6.07, 6.45) is 3.57. The summed E-state index contributed by atoms with van der Waals surface area (Å²) in [5, 5.41) is 17.2. The lowest BCUT2D eigenvalue weighted by Gasteiger charge is -2.06. The molecule has 0 aliphatic rings. The van der Waals surface area contributed by atoms with Gasteiger partial charge in [0.15, 0.2) is 6.61 Å². The Morgan fingerprint density at radius 1 is 0.969 bits per heavy atom. The highest BCUT2D eigenvalue weighted by atomic mass is 16.7. The van der Waals surface area contributed by atoms with E-state index in [0.29, 0.717) is 23.6 Å². The Morgan fingerprint density at radius 2 is 1.88 bits per heavy atom. The quantitative estimate of drug-likeness (QED) is 0.258. The first-order valence-corrected chi connectivity index (χ1v) is 10.2. The van der Waals surface area contributed by atoms with Crippen LogP contribution in [0.25, 0.3) is 22.0 Å². The molecule has 0 N–H and O–H groups in total. The second-order valence-corrected chi connectivity index (χ2v) is 7.21. The molecule has 0 aliphatic carbocycles. The van der Waals surface area contributed by atoms with Crippen molar-refractivity contribution in [3.8, 4) is 5.75 Å². The van der Waals surface area contributed by atoms with Gasteiger partial charge in [-0.1, -0.05) is 22.2 Å². The first kappa shape index (κ1) is 19.7. The molecule has 3 aromatic heterocycles. The molecule has 3 heterocycles. The number of aromatic nitrogens is 6. The third-order valence-corrected chi connectivity index (χ3v) is 4.89. The maximum absolute atomic E-state index is 11.3. The van der Waals surface area contributed by atoms with E-state index >= 15 is 0 Å². The van der Waals surface area contributed by atoms with Gasteiger partial charge in [-0.3, -0.25) is 4.68 Å². The zero-order valence-corrected chi connectivity index (χ0v) is 17.1. The molecule has 2 aromatic carbocycles. The molecule has 10 nitrogen and oxygen atoms in total. The van der Waals surface area contributed by atoms with Gasteiger partial charge in [0.05, 0.1) is 12.8 Å². The molecule has 0 saturated carbocycles. The standard InChI is InChI=1S/C22H20N6O4/c29-22-10-8-16-7-9-18(13-21(16)32-22)30-12-4-3-11-27-14-17(23-25-27)15-31-28-20-6-2-1-5-19(20)24-26-28/h1-2,5-10,13-14H,3-4,11-12,15H2. The molecule has 0 aliphatic heterocycles. The summed E-state index contributed by atoms with van der Waals surface area (Å²) in [6.45, 7) is 1.51. The largest absolute Gasteiger partial charge is 0.493 e. The Morgan fingerprint density at radius 3 is 2.84 bits per heavy atom. The van der Waals surface area contributed by atoms with E-state index in [1.807, 2.05) is 42.6 Å². The van der Waals surface area contributed by atoms with E-state index in [1.54, 1.807) is 16.8 Å². The highest BCUT2D eigenvalue weighted by molar-refractivity contribution is 5.77. The Balaban J connectivity index is 1.07. The minimum Gasteiger partial charge on any atom is -0.493 e. The van der Waals surface area contributed by atoms with Gasteiger partial charge < -0.3 is 14.0 Å². The van der Waals surface area contributed by atoms with Crippen LogP contribution >= 0.6 is 0 Å². The highest BCUT2D eigenvalue weighted by Gasteiger charge is 2.07. The third kappa shape index (κ3) is 4.43. The summed E-state index contributed by atoms with van der Waals surface area (Å²) < 4.78 is 12.7. The smallest absolute Gasteiger partial charge is 0.336 e. The number of hydrogen-bond acceptors (Lipinski definition) is 8. The predicted octanol–water partition coefficient (Wildman–Crippen LogP) is 2.62. The molecule has 5 rings (SSSR count). The van der Waals surface area contributed by atoms with Gasteiger partial charge >= 0.3 is 5.63 Å². The summed E-state index contributed by atoms with van der Waals surface area (Å²) in [6, 6.07) is 16.2. The number of para-hydroxylation sites is 1. The molecule has 0 atom stereocenters. The minimum absolute atomic E-state index is 0.245. The summed E-state index contributed by atoms with van der Waals surface area (Å²) in [4.78, 5) is 18.4. The van der Waals surface area contributed by atoms with Crippen molar-refractivity contribution in [3.05, 3.63) is 76.9 Å². The van der Waals surface area contributed by atoms with Crippen LogP contribution in [0.1, 0.15) is 18.5 Å². The normalized spacial score (nSPS) is 11.2. The second kappa shape index (κ2) is 8.88. The SMILES string of the molecule is O=c1ccc2ccc(OCCCCn3cc(COn4nnc5ccccc54)nn3)cc2o1. The maximum atomic E-state index is 11.3. The van der Waals surface area contributed by atoms with Crippen molar-refractivity contribution in [2.24, 2.45) is 0 Å². The molecule has 0 unspecified atom stereocenters. The fraction of sp³-hybridized carbons (Fsp3) is 0.227. The molecule has 162 valence electrons. The van der Waals surface area contributed by atoms with Crippen LogP contribution in [0.15, 0.2) is 70.0 Å². The van der Waals surface area contributed by atoms with Gasteiger partial charge in [-0.2, -0.15) is 0 Å². The van der Waals surface area contributed by atoms with Gasteiger partial charge in [0.1, 0.15) is 28.1 Å². The number of rotatable bonds is 9. The Kier molecular flexibility index (Phi) is 5.48. The first-order valence-electron chi connectivity index (χ1n) is 10.2. The van der Waals surface area contributed by atoms with Crippen molar-refractivity contribution in [2.75, 3.05) is 6.61 Å². The number of unbranched alkanes of at least 4 members (excludes halogenated alkanes) is 1. The van der Waals surface area contributed by atoms with E-state index in [9.17, 15) is 4.79 Å². The first-order chi connectivity index (χ1) is 15.7. The average Bonchev–Trinajstić information content (AvgIpc) is 3.44. The van der Waals surface area contributed by atoms with Crippen molar-refractivity contribution >= 4 is 22.0 Å². The van der Waals surface area contributed by atoms with E-state index in [2.05, 4.69) is 20.6 Å². The van der Waals surface area contributed by atoms with E-state index in [4.69, 9.17) is 14.0 Å². The average molecular weight is 432 g/mol. The van der Waals surface area contributed by atoms with Gasteiger partial charge in [-0.25, -0.2) is 4.79 Å². The van der Waals surface area contributed by atoms with Crippen LogP contribution in [0.4, 0.5) is 0 Å². The molecular weight excluding hydrogens is 412 g/mol. The molecular formula is C22H20N6O4. The lowest BCUT2D eigenvalue weighted by atomic mass is 10.2. The van der Waals surface area contributed by atoms with E-state index in [1.165, 1.54) is 10.9 Å². The molecule has 0 fully saturated rings. The Labute approximate surface area is 181 Å². The maximum Gasteiger partial charge on any atom is 0.336 e. The Hall–Kier alpha value is -4.21. The molecule has 0 saturated heterocycles. The van der Waals surface area contributed by atoms with Crippen molar-refractivity contribution < 1.29 is 14.0 Å². The Bertz CT molecular complexity index is 1410. The van der Waals surface area contributed by atoms with E-state index in [0.717, 1.165) is 35.8 Å². The van der Waals surface area contributed by atoms with Gasteiger partial charge in [-0.15, -0.1) is 10.2 Å². The zero-order chi connectivity index (χ0) is 21.8. The van der Waals surface area contributed by atoms with Crippen molar-refractivity contribution in [3.63, 3.8) is 0 Å². The van der Waals surface area contributed by atoms with Gasteiger partial charge in [0.2, 0.25) is 0 Å². The number of fused-ring (bicyclic) bond motifs is 2. The van der Waals surface area contributed by atoms with Crippen LogP contribution < -0.4 is 15.2 Å². The number of ether oxygens (including phenoxy) is 1. The van der Waals surface area contributed by atoms with Crippen LogP contribution in [0.5, 0.6) is 5.75 Å². The van der Waals surface area contributed by atoms with Crippen molar-refractivity contribution in [2.45, 2.75) is 26.0 Å².